The van der Waals surface area contributed by atoms with Gasteiger partial charge in [0.2, 0.25) is 0 Å². The normalized spacial score (nSPS) is 9.44. The fraction of sp³-hybridized carbons (Fsp3) is 0. The summed E-state index contributed by atoms with van der Waals surface area (Å²) in [6.07, 6.45) is 0. The van der Waals surface area contributed by atoms with E-state index in [2.05, 4.69) is 97.1 Å². The van der Waals surface area contributed by atoms with E-state index in [1.54, 1.807) is 0 Å². The monoisotopic (exact) mass is 366 g/mol. The zero-order valence-corrected chi connectivity index (χ0v) is 15.1. The molecule has 122 valence electrons. The van der Waals surface area contributed by atoms with Gasteiger partial charge in [-0.1, -0.05) is 42.5 Å². The second-order valence-corrected chi connectivity index (χ2v) is 5.47. The van der Waals surface area contributed by atoms with Crippen molar-refractivity contribution in [3.63, 3.8) is 0 Å². The Kier molecular flexibility index (Phi) is 7.69. The van der Waals surface area contributed by atoms with Gasteiger partial charge in [-0.25, -0.2) is 0 Å². The Bertz CT molecular complexity index is 963. The minimum absolute atomic E-state index is 0. The van der Waals surface area contributed by atoms with Crippen LogP contribution in [0.2, 0.25) is 0 Å². The SMILES string of the molecule is [F-].[F-].[Ti+4].c1ccc2[cH-]ccc2c1.c1ccc2c(c1)[cH-]c1ccccc12. The largest absolute Gasteiger partial charge is 4.00 e. The summed E-state index contributed by atoms with van der Waals surface area (Å²) in [5.74, 6) is 0. The Labute approximate surface area is 160 Å². The van der Waals surface area contributed by atoms with Crippen molar-refractivity contribution in [1.82, 2.24) is 0 Å². The molecule has 0 aliphatic carbocycles. The van der Waals surface area contributed by atoms with Gasteiger partial charge in [0.1, 0.15) is 0 Å². The summed E-state index contributed by atoms with van der Waals surface area (Å²) in [7, 11) is 0. The molecule has 5 aromatic rings. The molecule has 0 saturated carbocycles. The van der Waals surface area contributed by atoms with E-state index in [1.165, 1.54) is 32.3 Å². The van der Waals surface area contributed by atoms with Crippen LogP contribution in [0.15, 0.2) is 97.1 Å². The van der Waals surface area contributed by atoms with Crippen LogP contribution in [0.3, 0.4) is 0 Å². The molecular weight excluding hydrogens is 350 g/mol. The maximum absolute atomic E-state index is 2.24. The van der Waals surface area contributed by atoms with Crippen LogP contribution in [0.5, 0.6) is 0 Å². The molecule has 0 saturated heterocycles. The van der Waals surface area contributed by atoms with E-state index in [0.717, 1.165) is 0 Å². The maximum atomic E-state index is 2.24. The molecule has 3 heteroatoms. The molecule has 0 atom stereocenters. The summed E-state index contributed by atoms with van der Waals surface area (Å²) < 4.78 is 0. The molecule has 0 N–H and O–H groups in total. The summed E-state index contributed by atoms with van der Waals surface area (Å²) in [6, 6.07) is 33.9. The Morgan fingerprint density at radius 1 is 0.520 bits per heavy atom. The zero-order valence-electron chi connectivity index (χ0n) is 13.5. The third-order valence-electron chi connectivity index (χ3n) is 4.07. The van der Waals surface area contributed by atoms with Crippen molar-refractivity contribution < 1.29 is 31.1 Å². The maximum Gasteiger partial charge on any atom is 4.00 e. The Balaban J connectivity index is 0.000000234. The molecule has 25 heavy (non-hydrogen) atoms. The van der Waals surface area contributed by atoms with Gasteiger partial charge in [-0.15, -0.1) is 69.4 Å². The van der Waals surface area contributed by atoms with Crippen molar-refractivity contribution in [2.75, 3.05) is 0 Å². The molecule has 0 unspecified atom stereocenters. The first kappa shape index (κ1) is 20.8. The predicted molar refractivity (Wildman–Crippen MR) is 96.6 cm³/mol. The summed E-state index contributed by atoms with van der Waals surface area (Å²) in [4.78, 5) is 0. The standard InChI is InChI=1S/C13H9.C9H7.2FH.Ti/c1-3-7-12-10(5-1)9-11-6-2-4-8-13(11)12;1-2-5-9-7-3-6-8(9)4-1;;;/h1-9H;1-7H;2*1H;/q2*-1;;;+4/p-2. The average Bonchev–Trinajstić information content (AvgIpc) is 3.19. The van der Waals surface area contributed by atoms with Crippen LogP contribution in [0.4, 0.5) is 0 Å². The number of hydrogen-bond acceptors (Lipinski definition) is 0. The molecule has 0 aliphatic heterocycles. The molecule has 5 rings (SSSR count). The molecule has 0 fully saturated rings. The van der Waals surface area contributed by atoms with Crippen molar-refractivity contribution in [3.8, 4) is 0 Å². The molecule has 0 amide bonds. The summed E-state index contributed by atoms with van der Waals surface area (Å²) >= 11 is 0. The Morgan fingerprint density at radius 2 is 1.00 bits per heavy atom. The Morgan fingerprint density at radius 3 is 1.56 bits per heavy atom. The minimum atomic E-state index is 0. The van der Waals surface area contributed by atoms with Gasteiger partial charge in [-0.2, -0.15) is 17.5 Å². The van der Waals surface area contributed by atoms with E-state index in [1.807, 2.05) is 0 Å². The molecule has 5 aromatic carbocycles. The fourth-order valence-electron chi connectivity index (χ4n) is 2.97. The van der Waals surface area contributed by atoms with Crippen LogP contribution in [0, 0.1) is 0 Å². The molecule has 0 heterocycles. The molecule has 0 spiro atoms. The minimum Gasteiger partial charge on any atom is -1.00 e. The predicted octanol–water partition coefficient (Wildman–Crippen LogP) is 0.276. The smallest absolute Gasteiger partial charge is 1.00 e. The van der Waals surface area contributed by atoms with Crippen molar-refractivity contribution in [1.29, 1.82) is 0 Å². The van der Waals surface area contributed by atoms with Gasteiger partial charge in [-0.05, 0) is 0 Å². The molecule has 0 nitrogen and oxygen atoms in total. The van der Waals surface area contributed by atoms with Crippen LogP contribution < -0.4 is 9.41 Å². The molecule has 0 aromatic heterocycles. The van der Waals surface area contributed by atoms with Gasteiger partial charge in [0.15, 0.2) is 0 Å². The fourth-order valence-corrected chi connectivity index (χ4v) is 2.97. The van der Waals surface area contributed by atoms with Crippen molar-refractivity contribution >= 4 is 32.3 Å². The number of fused-ring (bicyclic) bond motifs is 4. The van der Waals surface area contributed by atoms with Crippen molar-refractivity contribution in [2.24, 2.45) is 0 Å². The van der Waals surface area contributed by atoms with Gasteiger partial charge in [0.25, 0.3) is 0 Å². The second kappa shape index (κ2) is 9.26. The third kappa shape index (κ3) is 4.22. The molecule has 0 radical (unpaired) electrons. The zero-order chi connectivity index (χ0) is 14.8. The van der Waals surface area contributed by atoms with E-state index in [0.29, 0.717) is 0 Å². The van der Waals surface area contributed by atoms with Crippen LogP contribution in [-0.2, 0) is 21.7 Å². The van der Waals surface area contributed by atoms with E-state index in [9.17, 15) is 0 Å². The van der Waals surface area contributed by atoms with Gasteiger partial charge < -0.3 is 9.41 Å². The van der Waals surface area contributed by atoms with E-state index in [-0.39, 0.29) is 31.1 Å². The van der Waals surface area contributed by atoms with Gasteiger partial charge in [0, 0.05) is 0 Å². The van der Waals surface area contributed by atoms with Crippen molar-refractivity contribution in [2.45, 2.75) is 0 Å². The van der Waals surface area contributed by atoms with E-state index < -0.39 is 0 Å². The first-order valence-electron chi connectivity index (χ1n) is 7.55. The first-order valence-corrected chi connectivity index (χ1v) is 7.55. The van der Waals surface area contributed by atoms with E-state index >= 15 is 0 Å². The third-order valence-corrected chi connectivity index (χ3v) is 4.07. The summed E-state index contributed by atoms with van der Waals surface area (Å²) in [6.45, 7) is 0. The average molecular weight is 366 g/mol. The van der Waals surface area contributed by atoms with Crippen LogP contribution in [0.1, 0.15) is 0 Å². The van der Waals surface area contributed by atoms with Gasteiger partial charge in [0.05, 0.1) is 0 Å². The van der Waals surface area contributed by atoms with E-state index in [4.69, 9.17) is 0 Å². The first-order chi connectivity index (χ1) is 10.9. The number of halogens is 2. The molecule has 0 aliphatic rings. The van der Waals surface area contributed by atoms with Crippen LogP contribution in [-0.4, -0.2) is 0 Å². The quantitative estimate of drug-likeness (QED) is 0.273. The van der Waals surface area contributed by atoms with Crippen molar-refractivity contribution in [3.05, 3.63) is 97.1 Å². The van der Waals surface area contributed by atoms with Crippen LogP contribution >= 0.6 is 0 Å². The van der Waals surface area contributed by atoms with Gasteiger partial charge in [-0.3, -0.25) is 0 Å². The summed E-state index contributed by atoms with van der Waals surface area (Å²) in [5.41, 5.74) is 0. The second-order valence-electron chi connectivity index (χ2n) is 5.47. The summed E-state index contributed by atoms with van der Waals surface area (Å²) in [5, 5.41) is 8.05. The van der Waals surface area contributed by atoms with Crippen LogP contribution in [0.25, 0.3) is 32.3 Å². The molecule has 0 bridgehead atoms. The topological polar surface area (TPSA) is 0 Å². The number of benzene rings is 3. The Hall–Kier alpha value is -2.29. The number of rotatable bonds is 0. The number of hydrogen-bond donors (Lipinski definition) is 0. The van der Waals surface area contributed by atoms with Gasteiger partial charge >= 0.3 is 21.7 Å². The molecular formula is C22H16F2Ti.